The van der Waals surface area contributed by atoms with E-state index in [1.54, 1.807) is 43.6 Å². The molecule has 2 fully saturated rings. The molecule has 0 bridgehead atoms. The van der Waals surface area contributed by atoms with Crippen molar-refractivity contribution in [1.82, 2.24) is 14.9 Å². The molecule has 45 heavy (non-hydrogen) atoms. The van der Waals surface area contributed by atoms with E-state index < -0.39 is 11.5 Å². The lowest BCUT2D eigenvalue weighted by molar-refractivity contribution is -0.132. The number of benzene rings is 2. The fourth-order valence-corrected chi connectivity index (χ4v) is 6.64. The van der Waals surface area contributed by atoms with Gasteiger partial charge >= 0.3 is 5.97 Å². The Morgan fingerprint density at radius 2 is 1.76 bits per heavy atom. The van der Waals surface area contributed by atoms with Crippen LogP contribution >= 0.6 is 0 Å². The van der Waals surface area contributed by atoms with Crippen molar-refractivity contribution >= 4 is 40.4 Å². The van der Waals surface area contributed by atoms with E-state index in [0.717, 1.165) is 47.1 Å². The van der Waals surface area contributed by atoms with E-state index in [-0.39, 0.29) is 17.4 Å². The van der Waals surface area contributed by atoms with Crippen LogP contribution in [0.3, 0.4) is 0 Å². The molecule has 6 rings (SSSR count). The number of rotatable bonds is 9. The van der Waals surface area contributed by atoms with Crippen LogP contribution < -0.4 is 15.4 Å². The Morgan fingerprint density at radius 3 is 2.36 bits per heavy atom. The van der Waals surface area contributed by atoms with Gasteiger partial charge in [-0.2, -0.15) is 0 Å². The van der Waals surface area contributed by atoms with Gasteiger partial charge in [0.05, 0.1) is 24.7 Å². The van der Waals surface area contributed by atoms with Crippen LogP contribution in [0.5, 0.6) is 5.75 Å². The highest BCUT2D eigenvalue weighted by Crippen LogP contribution is 2.44. The highest BCUT2D eigenvalue weighted by Gasteiger charge is 2.45. The summed E-state index contributed by atoms with van der Waals surface area (Å²) < 4.78 is 7.47. The molecule has 0 radical (unpaired) electrons. The van der Waals surface area contributed by atoms with Gasteiger partial charge in [-0.1, -0.05) is 31.0 Å². The molecule has 0 saturated heterocycles. The first-order chi connectivity index (χ1) is 21.7. The second-order valence-electron chi connectivity index (χ2n) is 12.2. The van der Waals surface area contributed by atoms with Crippen molar-refractivity contribution in [2.24, 2.45) is 7.05 Å². The number of nitrogens with one attached hydrogen (secondary N) is 2. The Morgan fingerprint density at radius 1 is 1.02 bits per heavy atom. The first-order valence-electron chi connectivity index (χ1n) is 15.5. The van der Waals surface area contributed by atoms with E-state index in [2.05, 4.69) is 15.2 Å². The first kappa shape index (κ1) is 30.1. The molecule has 0 atom stereocenters. The van der Waals surface area contributed by atoms with E-state index in [9.17, 15) is 14.4 Å². The van der Waals surface area contributed by atoms with Crippen molar-refractivity contribution in [1.29, 1.82) is 0 Å². The summed E-state index contributed by atoms with van der Waals surface area (Å²) in [4.78, 5) is 43.0. The minimum absolute atomic E-state index is 0.222. The summed E-state index contributed by atoms with van der Waals surface area (Å²) in [5, 5.41) is 16.2. The molecule has 0 aliphatic heterocycles. The van der Waals surface area contributed by atoms with Crippen LogP contribution in [0.1, 0.15) is 79.3 Å². The minimum Gasteiger partial charge on any atom is -0.495 e. The number of hydrogen-bond acceptors (Lipinski definition) is 5. The highest BCUT2D eigenvalue weighted by atomic mass is 16.5. The van der Waals surface area contributed by atoms with Crippen LogP contribution in [-0.2, 0) is 16.6 Å². The number of aromatic nitrogens is 2. The molecular weight excluding hydrogens is 568 g/mol. The lowest BCUT2D eigenvalue weighted by atomic mass is 9.75. The fourth-order valence-electron chi connectivity index (χ4n) is 6.64. The number of fused-ring (bicyclic) bond motifs is 1. The molecule has 2 heterocycles. The summed E-state index contributed by atoms with van der Waals surface area (Å²) in [6.07, 6.45) is 9.90. The maximum absolute atomic E-state index is 13.7. The summed E-state index contributed by atoms with van der Waals surface area (Å²) in [7, 11) is 3.65. The standard InChI is InChI=1S/C36H38N4O5/c1-22(34(42)43)19-23-9-12-26(13-10-23)38-35(44)36(17-6-18-36)39-33(41)25-11-15-28-30(20-25)40(2)32(31(28)24-7-4-5-8-24)29-16-14-27(45-3)21-37-29/h9-16,19-21,24H,4-8,17-18H2,1-3H3,(H,38,44)(H,39,41)(H,42,43)/b22-19+. The van der Waals surface area contributed by atoms with Gasteiger partial charge in [0.25, 0.3) is 5.91 Å². The Hall–Kier alpha value is -4.92. The molecule has 2 amide bonds. The Bertz CT molecular complexity index is 1790. The zero-order chi connectivity index (χ0) is 31.7. The molecular formula is C36H38N4O5. The molecule has 4 aromatic rings. The molecule has 3 N–H and O–H groups in total. The number of methoxy groups -OCH3 is 1. The van der Waals surface area contributed by atoms with Crippen LogP contribution in [0.25, 0.3) is 28.4 Å². The van der Waals surface area contributed by atoms with E-state index >= 15 is 0 Å². The maximum atomic E-state index is 13.7. The fraction of sp³-hybridized carbons (Fsp3) is 0.333. The monoisotopic (exact) mass is 606 g/mol. The van der Waals surface area contributed by atoms with Gasteiger partial charge in [-0.05, 0) is 98.5 Å². The van der Waals surface area contributed by atoms with Crippen LogP contribution in [0.2, 0.25) is 0 Å². The van der Waals surface area contributed by atoms with Crippen molar-refractivity contribution in [3.05, 3.63) is 83.1 Å². The Labute approximate surface area is 262 Å². The lowest BCUT2D eigenvalue weighted by Crippen LogP contribution is -2.61. The molecule has 2 saturated carbocycles. The number of pyridine rings is 1. The number of carboxylic acids is 1. The second-order valence-corrected chi connectivity index (χ2v) is 12.2. The Kier molecular flexibility index (Phi) is 8.18. The third-order valence-corrected chi connectivity index (χ3v) is 9.36. The topological polar surface area (TPSA) is 123 Å². The number of amides is 2. The van der Waals surface area contributed by atoms with Gasteiger partial charge in [-0.3, -0.25) is 14.6 Å². The summed E-state index contributed by atoms with van der Waals surface area (Å²) in [5.41, 5.74) is 5.19. The molecule has 0 spiro atoms. The van der Waals surface area contributed by atoms with Crippen LogP contribution in [0.4, 0.5) is 5.69 Å². The van der Waals surface area contributed by atoms with Crippen molar-refractivity contribution < 1.29 is 24.2 Å². The third kappa shape index (κ3) is 5.82. The summed E-state index contributed by atoms with van der Waals surface area (Å²) in [6.45, 7) is 1.53. The van der Waals surface area contributed by atoms with Crippen molar-refractivity contribution in [2.75, 3.05) is 12.4 Å². The molecule has 0 unspecified atom stereocenters. The zero-order valence-corrected chi connectivity index (χ0v) is 25.9. The molecule has 9 heteroatoms. The minimum atomic E-state index is -0.994. The third-order valence-electron chi connectivity index (χ3n) is 9.36. The number of aliphatic carboxylic acids is 1. The average molecular weight is 607 g/mol. The molecule has 2 aliphatic carbocycles. The SMILES string of the molecule is COc1ccc(-c2c(C3CCCC3)c3ccc(C(=O)NC4(C(=O)Nc5ccc(/C=C(\C)C(=O)O)cc5)CCC4)cc3n2C)nc1. The lowest BCUT2D eigenvalue weighted by Gasteiger charge is -2.40. The van der Waals surface area contributed by atoms with E-state index in [1.807, 2.05) is 37.4 Å². The molecule has 2 aromatic heterocycles. The number of anilines is 1. The van der Waals surface area contributed by atoms with E-state index in [0.29, 0.717) is 35.8 Å². The quantitative estimate of drug-likeness (QED) is 0.183. The van der Waals surface area contributed by atoms with Gasteiger partial charge < -0.3 is 25.0 Å². The number of hydrogen-bond donors (Lipinski definition) is 3. The van der Waals surface area contributed by atoms with Gasteiger partial charge in [-0.15, -0.1) is 0 Å². The largest absolute Gasteiger partial charge is 0.495 e. The number of carbonyl (C=O) groups excluding carboxylic acids is 2. The van der Waals surface area contributed by atoms with E-state index in [1.165, 1.54) is 25.3 Å². The van der Waals surface area contributed by atoms with Crippen LogP contribution in [0.15, 0.2) is 66.4 Å². The predicted octanol–water partition coefficient (Wildman–Crippen LogP) is 6.69. The normalized spacial score (nSPS) is 16.3. The first-order valence-corrected chi connectivity index (χ1v) is 15.5. The molecule has 2 aromatic carbocycles. The molecule has 232 valence electrons. The van der Waals surface area contributed by atoms with Crippen molar-refractivity contribution in [2.45, 2.75) is 63.3 Å². The van der Waals surface area contributed by atoms with Crippen LogP contribution in [0, 0.1) is 0 Å². The summed E-state index contributed by atoms with van der Waals surface area (Å²) in [6, 6.07) is 16.7. The summed E-state index contributed by atoms with van der Waals surface area (Å²) >= 11 is 0. The van der Waals surface area contributed by atoms with Crippen molar-refractivity contribution in [3.8, 4) is 17.1 Å². The summed E-state index contributed by atoms with van der Waals surface area (Å²) in [5.74, 6) is -0.397. The number of carboxylic acid groups (broad SMARTS) is 1. The van der Waals surface area contributed by atoms with E-state index in [4.69, 9.17) is 14.8 Å². The number of nitrogens with zero attached hydrogens (tertiary/aromatic N) is 2. The van der Waals surface area contributed by atoms with Gasteiger partial charge in [0.15, 0.2) is 0 Å². The maximum Gasteiger partial charge on any atom is 0.331 e. The van der Waals surface area contributed by atoms with Gasteiger partial charge in [-0.25, -0.2) is 4.79 Å². The molecule has 2 aliphatic rings. The number of ether oxygens (including phenoxy) is 1. The highest BCUT2D eigenvalue weighted by molar-refractivity contribution is 6.06. The zero-order valence-electron chi connectivity index (χ0n) is 25.9. The van der Waals surface area contributed by atoms with Gasteiger partial charge in [0.2, 0.25) is 5.91 Å². The number of carbonyl (C=O) groups is 3. The predicted molar refractivity (Wildman–Crippen MR) is 174 cm³/mol. The van der Waals surface area contributed by atoms with Crippen molar-refractivity contribution in [3.63, 3.8) is 0 Å². The van der Waals surface area contributed by atoms with Crippen LogP contribution in [-0.4, -0.2) is 45.1 Å². The van der Waals surface area contributed by atoms with Gasteiger partial charge in [0, 0.05) is 34.8 Å². The van der Waals surface area contributed by atoms with Gasteiger partial charge in [0.1, 0.15) is 11.3 Å². The Balaban J connectivity index is 1.25. The average Bonchev–Trinajstić information content (AvgIpc) is 3.65. The number of aryl methyl sites for hydroxylation is 1. The molecule has 9 nitrogen and oxygen atoms in total. The second kappa shape index (κ2) is 12.2. The smallest absolute Gasteiger partial charge is 0.331 e.